The van der Waals surface area contributed by atoms with Gasteiger partial charge in [0.15, 0.2) is 0 Å². The SMILES string of the molecule is [2H]C([2H])([2H])c1cccc2c1nc1n(-c3cccc(-n4c5ccc(-n6c7ccccc7n7c8cccc(C)c8nc67)cc5n5c6cccc(C)c6nc45)c3)c3ccccc3n21. The Morgan fingerprint density at radius 3 is 1.25 bits per heavy atom. The van der Waals surface area contributed by atoms with Crippen molar-refractivity contribution in [2.45, 2.75) is 20.7 Å². The zero-order valence-electron chi connectivity index (χ0n) is 33.9. The molecule has 9 heteroatoms. The monoisotopic (exact) mass is 738 g/mol. The molecular formula is C48H33N9. The van der Waals surface area contributed by atoms with Crippen molar-refractivity contribution < 1.29 is 4.11 Å². The summed E-state index contributed by atoms with van der Waals surface area (Å²) in [7, 11) is 0. The van der Waals surface area contributed by atoms with Crippen LogP contribution in [0.4, 0.5) is 0 Å². The minimum Gasteiger partial charge on any atom is -0.278 e. The molecule has 0 amide bonds. The molecule has 57 heavy (non-hydrogen) atoms. The summed E-state index contributed by atoms with van der Waals surface area (Å²) in [6.45, 7) is 1.91. The van der Waals surface area contributed by atoms with E-state index in [9.17, 15) is 0 Å². The number of imidazole rings is 6. The molecule has 0 aliphatic rings. The molecule has 7 aromatic carbocycles. The number of rotatable bonds is 3. The molecule has 0 aliphatic carbocycles. The third-order valence-corrected chi connectivity index (χ3v) is 11.8. The average molecular weight is 739 g/mol. The summed E-state index contributed by atoms with van der Waals surface area (Å²) >= 11 is 0. The minimum atomic E-state index is -2.31. The van der Waals surface area contributed by atoms with Gasteiger partial charge in [0.05, 0.1) is 83.3 Å². The van der Waals surface area contributed by atoms with Crippen LogP contribution in [0.5, 0.6) is 0 Å². The van der Waals surface area contributed by atoms with Gasteiger partial charge in [-0.3, -0.25) is 26.9 Å². The van der Waals surface area contributed by atoms with Crippen molar-refractivity contribution >= 4 is 83.5 Å². The molecule has 6 heterocycles. The van der Waals surface area contributed by atoms with Gasteiger partial charge in [0.2, 0.25) is 17.3 Å². The highest BCUT2D eigenvalue weighted by molar-refractivity contribution is 5.97. The molecule has 0 spiro atoms. The van der Waals surface area contributed by atoms with E-state index in [2.05, 4.69) is 156 Å². The maximum atomic E-state index is 8.27. The lowest BCUT2D eigenvalue weighted by atomic mass is 10.2. The highest BCUT2D eigenvalue weighted by atomic mass is 15.2. The number of aryl methyl sites for hydroxylation is 3. The Morgan fingerprint density at radius 2 is 0.737 bits per heavy atom. The molecule has 13 aromatic rings. The maximum absolute atomic E-state index is 8.27. The largest absolute Gasteiger partial charge is 0.278 e. The first kappa shape index (κ1) is 27.9. The van der Waals surface area contributed by atoms with Crippen molar-refractivity contribution in [1.29, 1.82) is 0 Å². The van der Waals surface area contributed by atoms with E-state index in [0.29, 0.717) is 11.3 Å². The zero-order valence-corrected chi connectivity index (χ0v) is 30.9. The van der Waals surface area contributed by atoms with Crippen LogP contribution in [0.25, 0.3) is 101 Å². The van der Waals surface area contributed by atoms with Crippen molar-refractivity contribution in [2.24, 2.45) is 0 Å². The minimum absolute atomic E-state index is 0.236. The van der Waals surface area contributed by atoms with E-state index >= 15 is 0 Å². The van der Waals surface area contributed by atoms with Gasteiger partial charge in [0.1, 0.15) is 0 Å². The molecule has 270 valence electrons. The molecule has 0 saturated heterocycles. The van der Waals surface area contributed by atoms with E-state index in [-0.39, 0.29) is 5.56 Å². The van der Waals surface area contributed by atoms with Gasteiger partial charge in [-0.1, -0.05) is 66.7 Å². The van der Waals surface area contributed by atoms with Crippen LogP contribution in [0, 0.1) is 20.7 Å². The fourth-order valence-corrected chi connectivity index (χ4v) is 9.27. The Kier molecular flexibility index (Phi) is 5.26. The van der Waals surface area contributed by atoms with E-state index in [0.717, 1.165) is 100 Å². The number of fused-ring (bicyclic) bond motifs is 15. The van der Waals surface area contributed by atoms with Crippen LogP contribution in [-0.4, -0.2) is 41.9 Å². The summed E-state index contributed by atoms with van der Waals surface area (Å²) in [6, 6.07) is 49.8. The molecule has 0 saturated carbocycles. The molecular weight excluding hydrogens is 703 g/mol. The fraction of sp³-hybridized carbons (Fsp3) is 0.0625. The molecule has 9 nitrogen and oxygen atoms in total. The molecule has 0 radical (unpaired) electrons. The predicted octanol–water partition coefficient (Wildman–Crippen LogP) is 10.8. The first-order valence-corrected chi connectivity index (χ1v) is 19.1. The second-order valence-electron chi connectivity index (χ2n) is 15.0. The lowest BCUT2D eigenvalue weighted by molar-refractivity contribution is 1.07. The topological polar surface area (TPSA) is 66.7 Å². The van der Waals surface area contributed by atoms with Crippen LogP contribution in [0.3, 0.4) is 0 Å². The van der Waals surface area contributed by atoms with Gasteiger partial charge in [0, 0.05) is 4.11 Å². The van der Waals surface area contributed by atoms with Gasteiger partial charge < -0.3 is 0 Å². The number of benzene rings is 7. The Hall–Kier alpha value is -7.65. The number of aromatic nitrogens is 9. The van der Waals surface area contributed by atoms with Crippen molar-refractivity contribution in [3.63, 3.8) is 0 Å². The van der Waals surface area contributed by atoms with Crippen LogP contribution in [0.15, 0.2) is 146 Å². The highest BCUT2D eigenvalue weighted by Crippen LogP contribution is 2.36. The van der Waals surface area contributed by atoms with Gasteiger partial charge in [-0.25, -0.2) is 15.0 Å². The molecule has 0 bridgehead atoms. The molecule has 0 aliphatic heterocycles. The van der Waals surface area contributed by atoms with Gasteiger partial charge in [-0.2, -0.15) is 0 Å². The number of hydrogen-bond donors (Lipinski definition) is 0. The summed E-state index contributed by atoms with van der Waals surface area (Å²) in [5, 5.41) is 0. The number of hydrogen-bond acceptors (Lipinski definition) is 3. The highest BCUT2D eigenvalue weighted by Gasteiger charge is 2.23. The van der Waals surface area contributed by atoms with Crippen LogP contribution >= 0.6 is 0 Å². The number of nitrogens with zero attached hydrogens (tertiary/aromatic N) is 9. The second-order valence-corrected chi connectivity index (χ2v) is 15.0. The Bertz CT molecular complexity index is 3980. The van der Waals surface area contributed by atoms with Crippen LogP contribution in [0.1, 0.15) is 20.8 Å². The first-order chi connectivity index (χ1) is 29.2. The second kappa shape index (κ2) is 10.8. The van der Waals surface area contributed by atoms with E-state index in [4.69, 9.17) is 19.1 Å². The van der Waals surface area contributed by atoms with Crippen molar-refractivity contribution in [3.05, 3.63) is 162 Å². The summed E-state index contributed by atoms with van der Waals surface area (Å²) < 4.78 is 38.0. The van der Waals surface area contributed by atoms with Crippen LogP contribution in [-0.2, 0) is 0 Å². The normalized spacial score (nSPS) is 13.5. The lowest BCUT2D eigenvalue weighted by Crippen LogP contribution is -2.00. The van der Waals surface area contributed by atoms with E-state index in [1.54, 1.807) is 12.1 Å². The van der Waals surface area contributed by atoms with E-state index in [1.165, 1.54) is 0 Å². The zero-order chi connectivity index (χ0) is 40.2. The summed E-state index contributed by atoms with van der Waals surface area (Å²) in [5.41, 5.74) is 16.6. The first-order valence-electron chi connectivity index (χ1n) is 20.6. The molecule has 13 rings (SSSR count). The summed E-state index contributed by atoms with van der Waals surface area (Å²) in [5.74, 6) is 2.30. The van der Waals surface area contributed by atoms with Crippen molar-refractivity contribution in [3.8, 4) is 17.1 Å². The maximum Gasteiger partial charge on any atom is 0.220 e. The summed E-state index contributed by atoms with van der Waals surface area (Å²) in [4.78, 5) is 15.6. The van der Waals surface area contributed by atoms with Gasteiger partial charge >= 0.3 is 0 Å². The van der Waals surface area contributed by atoms with Gasteiger partial charge in [-0.15, -0.1) is 0 Å². The summed E-state index contributed by atoms with van der Waals surface area (Å²) in [6.07, 6.45) is 0. The standard InChI is InChI=1S/C48H33N9/c1-28-12-8-21-39-43(28)49-46-52(34-17-4-6-19-36(34)55(39)46)31-15-11-16-32(26-31)53-38-25-24-33(27-42(38)57-41-23-10-14-30(3)45(41)51-48(53)57)54-35-18-5-7-20-37(35)56-40-22-9-13-29(2)44(40)50-47(54)56/h4-27H,1-3H3/i1D3. The Balaban J connectivity index is 1.08. The molecule has 6 aromatic heterocycles. The van der Waals surface area contributed by atoms with Gasteiger partial charge in [0.25, 0.3) is 0 Å². The Morgan fingerprint density at radius 1 is 0.351 bits per heavy atom. The lowest BCUT2D eigenvalue weighted by Gasteiger charge is -2.11. The van der Waals surface area contributed by atoms with E-state index in [1.807, 2.05) is 18.2 Å². The van der Waals surface area contributed by atoms with Crippen molar-refractivity contribution in [1.82, 2.24) is 41.9 Å². The van der Waals surface area contributed by atoms with Crippen LogP contribution in [0.2, 0.25) is 0 Å². The molecule has 0 unspecified atom stereocenters. The molecule has 0 fully saturated rings. The van der Waals surface area contributed by atoms with E-state index < -0.39 is 6.85 Å². The quantitative estimate of drug-likeness (QED) is 0.181. The third kappa shape index (κ3) is 3.89. The third-order valence-electron chi connectivity index (χ3n) is 11.8. The van der Waals surface area contributed by atoms with Crippen LogP contribution < -0.4 is 0 Å². The fourth-order valence-electron chi connectivity index (χ4n) is 9.27. The number of para-hydroxylation sites is 7. The van der Waals surface area contributed by atoms with Gasteiger partial charge in [-0.05, 0) is 116 Å². The average Bonchev–Trinajstić information content (AvgIpc) is 4.08. The smallest absolute Gasteiger partial charge is 0.220 e. The molecule has 0 atom stereocenters. The predicted molar refractivity (Wildman–Crippen MR) is 230 cm³/mol. The Labute approximate surface area is 328 Å². The molecule has 0 N–H and O–H groups in total. The van der Waals surface area contributed by atoms with Crippen molar-refractivity contribution in [2.75, 3.05) is 0 Å².